The van der Waals surface area contributed by atoms with E-state index in [1.807, 2.05) is 24.4 Å². The summed E-state index contributed by atoms with van der Waals surface area (Å²) in [5.74, 6) is 0.921. The first-order valence-electron chi connectivity index (χ1n) is 6.47. The number of hydrogen-bond donors (Lipinski definition) is 0. The zero-order chi connectivity index (χ0) is 13.8. The van der Waals surface area contributed by atoms with Gasteiger partial charge in [-0.2, -0.15) is 0 Å². The van der Waals surface area contributed by atoms with Crippen LogP contribution in [0.3, 0.4) is 0 Å². The van der Waals surface area contributed by atoms with Crippen molar-refractivity contribution in [3.05, 3.63) is 72.1 Å². The average Bonchev–Trinajstić information content (AvgIpc) is 2.53. The number of nitrogens with zero attached hydrogens (tertiary/aromatic N) is 1. The lowest BCUT2D eigenvalue weighted by Gasteiger charge is -2.12. The Hall–Kier alpha value is -1.87. The lowest BCUT2D eigenvalue weighted by molar-refractivity contribution is 0.304. The van der Waals surface area contributed by atoms with Crippen LogP contribution in [0.2, 0.25) is 0 Å². The standard InChI is InChI=1S/C17H14BrNO/c18-10-16-15-6-2-1-5-14(15)7-8-17(16)20-12-13-4-3-9-19-11-13/h1-9,11H,10,12H2. The van der Waals surface area contributed by atoms with Gasteiger partial charge in [-0.3, -0.25) is 4.98 Å². The third-order valence-corrected chi connectivity index (χ3v) is 3.81. The van der Waals surface area contributed by atoms with Crippen molar-refractivity contribution in [1.82, 2.24) is 4.98 Å². The molecule has 3 heteroatoms. The van der Waals surface area contributed by atoms with Gasteiger partial charge in [0.25, 0.3) is 0 Å². The summed E-state index contributed by atoms with van der Waals surface area (Å²) in [5.41, 5.74) is 2.26. The first-order valence-corrected chi connectivity index (χ1v) is 7.59. The minimum absolute atomic E-state index is 0.534. The Kier molecular flexibility index (Phi) is 3.97. The maximum Gasteiger partial charge on any atom is 0.124 e. The van der Waals surface area contributed by atoms with Crippen LogP contribution in [0.5, 0.6) is 5.75 Å². The Morgan fingerprint density at radius 3 is 2.70 bits per heavy atom. The summed E-state index contributed by atoms with van der Waals surface area (Å²) in [6.45, 7) is 0.534. The van der Waals surface area contributed by atoms with Gasteiger partial charge in [0.15, 0.2) is 0 Å². The molecule has 3 rings (SSSR count). The smallest absolute Gasteiger partial charge is 0.124 e. The predicted octanol–water partition coefficient (Wildman–Crippen LogP) is 4.71. The molecule has 0 aliphatic rings. The summed E-state index contributed by atoms with van der Waals surface area (Å²) in [6.07, 6.45) is 3.60. The molecule has 0 amide bonds. The molecule has 1 heterocycles. The SMILES string of the molecule is BrCc1c(OCc2cccnc2)ccc2ccccc12. The first kappa shape index (κ1) is 13.1. The summed E-state index contributed by atoms with van der Waals surface area (Å²) in [6, 6.07) is 16.4. The van der Waals surface area contributed by atoms with E-state index in [1.54, 1.807) is 6.20 Å². The Labute approximate surface area is 126 Å². The van der Waals surface area contributed by atoms with Gasteiger partial charge in [0.1, 0.15) is 12.4 Å². The van der Waals surface area contributed by atoms with E-state index < -0.39 is 0 Å². The Bertz CT molecular complexity index is 713. The molecule has 0 saturated carbocycles. The Balaban J connectivity index is 1.91. The summed E-state index contributed by atoms with van der Waals surface area (Å²) in [7, 11) is 0. The van der Waals surface area contributed by atoms with Crippen molar-refractivity contribution in [2.45, 2.75) is 11.9 Å². The molecule has 100 valence electrons. The molecule has 3 aromatic rings. The second kappa shape index (κ2) is 6.06. The Morgan fingerprint density at radius 2 is 1.90 bits per heavy atom. The third kappa shape index (κ3) is 2.68. The summed E-state index contributed by atoms with van der Waals surface area (Å²) < 4.78 is 5.95. The van der Waals surface area contributed by atoms with Crippen LogP contribution in [0.25, 0.3) is 10.8 Å². The van der Waals surface area contributed by atoms with Crippen molar-refractivity contribution in [2.24, 2.45) is 0 Å². The number of rotatable bonds is 4. The number of aromatic nitrogens is 1. The van der Waals surface area contributed by atoms with Crippen LogP contribution in [0.1, 0.15) is 11.1 Å². The second-order valence-corrected chi connectivity index (χ2v) is 5.11. The molecule has 1 aromatic heterocycles. The molecule has 0 radical (unpaired) electrons. The fraction of sp³-hybridized carbons (Fsp3) is 0.118. The van der Waals surface area contributed by atoms with Crippen LogP contribution in [-0.2, 0) is 11.9 Å². The monoisotopic (exact) mass is 327 g/mol. The number of fused-ring (bicyclic) bond motifs is 1. The maximum absolute atomic E-state index is 5.95. The normalized spacial score (nSPS) is 10.7. The second-order valence-electron chi connectivity index (χ2n) is 4.55. The topological polar surface area (TPSA) is 22.1 Å². The zero-order valence-corrected chi connectivity index (χ0v) is 12.5. The minimum atomic E-state index is 0.534. The summed E-state index contributed by atoms with van der Waals surface area (Å²) in [4.78, 5) is 4.10. The molecular weight excluding hydrogens is 314 g/mol. The van der Waals surface area contributed by atoms with Crippen molar-refractivity contribution >= 4 is 26.7 Å². The fourth-order valence-corrected chi connectivity index (χ4v) is 2.81. The first-order chi connectivity index (χ1) is 9.88. The van der Waals surface area contributed by atoms with Crippen molar-refractivity contribution in [3.8, 4) is 5.75 Å². The lowest BCUT2D eigenvalue weighted by Crippen LogP contribution is -1.98. The molecule has 0 spiro atoms. The van der Waals surface area contributed by atoms with Gasteiger partial charge in [0.2, 0.25) is 0 Å². The highest BCUT2D eigenvalue weighted by Gasteiger charge is 2.07. The van der Waals surface area contributed by atoms with Crippen LogP contribution < -0.4 is 4.74 Å². The highest BCUT2D eigenvalue weighted by molar-refractivity contribution is 9.08. The number of hydrogen-bond acceptors (Lipinski definition) is 2. The molecular formula is C17H14BrNO. The van der Waals surface area contributed by atoms with E-state index in [0.717, 1.165) is 16.6 Å². The molecule has 0 atom stereocenters. The molecule has 2 nitrogen and oxygen atoms in total. The van der Waals surface area contributed by atoms with E-state index in [-0.39, 0.29) is 0 Å². The average molecular weight is 328 g/mol. The molecule has 20 heavy (non-hydrogen) atoms. The van der Waals surface area contributed by atoms with E-state index in [9.17, 15) is 0 Å². The largest absolute Gasteiger partial charge is 0.489 e. The van der Waals surface area contributed by atoms with E-state index in [4.69, 9.17) is 4.74 Å². The molecule has 0 saturated heterocycles. The van der Waals surface area contributed by atoms with Crippen molar-refractivity contribution in [3.63, 3.8) is 0 Å². The van der Waals surface area contributed by atoms with Crippen LogP contribution >= 0.6 is 15.9 Å². The number of halogens is 1. The van der Waals surface area contributed by atoms with Crippen molar-refractivity contribution in [2.75, 3.05) is 0 Å². The van der Waals surface area contributed by atoms with Crippen LogP contribution in [-0.4, -0.2) is 4.98 Å². The van der Waals surface area contributed by atoms with Gasteiger partial charge in [0, 0.05) is 28.9 Å². The van der Waals surface area contributed by atoms with Crippen molar-refractivity contribution in [1.29, 1.82) is 0 Å². The van der Waals surface area contributed by atoms with Gasteiger partial charge >= 0.3 is 0 Å². The molecule has 0 aliphatic carbocycles. The van der Waals surface area contributed by atoms with Gasteiger partial charge in [-0.05, 0) is 22.9 Å². The molecule has 0 aliphatic heterocycles. The number of alkyl halides is 1. The minimum Gasteiger partial charge on any atom is -0.489 e. The molecule has 0 fully saturated rings. The third-order valence-electron chi connectivity index (χ3n) is 3.25. The molecule has 2 aromatic carbocycles. The van der Waals surface area contributed by atoms with Crippen LogP contribution in [0.4, 0.5) is 0 Å². The van der Waals surface area contributed by atoms with E-state index >= 15 is 0 Å². The molecule has 0 bridgehead atoms. The molecule has 0 unspecified atom stereocenters. The quantitative estimate of drug-likeness (QED) is 0.647. The highest BCUT2D eigenvalue weighted by atomic mass is 79.9. The van der Waals surface area contributed by atoms with Gasteiger partial charge in [-0.25, -0.2) is 0 Å². The van der Waals surface area contributed by atoms with Crippen LogP contribution in [0, 0.1) is 0 Å². The Morgan fingerprint density at radius 1 is 1.00 bits per heavy atom. The van der Waals surface area contributed by atoms with Gasteiger partial charge in [-0.1, -0.05) is 52.3 Å². The maximum atomic E-state index is 5.95. The summed E-state index contributed by atoms with van der Waals surface area (Å²) >= 11 is 3.56. The van der Waals surface area contributed by atoms with Gasteiger partial charge < -0.3 is 4.74 Å². The predicted molar refractivity (Wildman–Crippen MR) is 85.1 cm³/mol. The van der Waals surface area contributed by atoms with Gasteiger partial charge in [-0.15, -0.1) is 0 Å². The lowest BCUT2D eigenvalue weighted by atomic mass is 10.0. The summed E-state index contributed by atoms with van der Waals surface area (Å²) in [5, 5.41) is 3.24. The number of pyridine rings is 1. The molecule has 0 N–H and O–H groups in total. The van der Waals surface area contributed by atoms with Crippen LogP contribution in [0.15, 0.2) is 60.9 Å². The number of ether oxygens (including phenoxy) is 1. The highest BCUT2D eigenvalue weighted by Crippen LogP contribution is 2.30. The zero-order valence-electron chi connectivity index (χ0n) is 10.9. The van der Waals surface area contributed by atoms with E-state index in [1.165, 1.54) is 16.3 Å². The van der Waals surface area contributed by atoms with E-state index in [0.29, 0.717) is 6.61 Å². The fourth-order valence-electron chi connectivity index (χ4n) is 2.23. The van der Waals surface area contributed by atoms with Crippen molar-refractivity contribution < 1.29 is 4.74 Å². The van der Waals surface area contributed by atoms with E-state index in [2.05, 4.69) is 51.2 Å². The van der Waals surface area contributed by atoms with Gasteiger partial charge in [0.05, 0.1) is 0 Å². The number of benzene rings is 2.